The van der Waals surface area contributed by atoms with Crippen LogP contribution in [-0.2, 0) is 6.54 Å². The Labute approximate surface area is 129 Å². The molecule has 0 spiro atoms. The molecule has 5 heteroatoms. The molecule has 0 aliphatic carbocycles. The van der Waals surface area contributed by atoms with Gasteiger partial charge in [0.05, 0.1) is 0 Å². The van der Waals surface area contributed by atoms with Crippen LogP contribution in [0.3, 0.4) is 0 Å². The van der Waals surface area contributed by atoms with E-state index in [1.54, 1.807) is 0 Å². The molecule has 110 valence electrons. The van der Waals surface area contributed by atoms with Crippen LogP contribution >= 0.6 is 15.9 Å². The maximum Gasteiger partial charge on any atom is 0.0410 e. The van der Waals surface area contributed by atoms with Crippen molar-refractivity contribution >= 4 is 15.9 Å². The highest BCUT2D eigenvalue weighted by Gasteiger charge is 2.29. The monoisotopic (exact) mass is 338 g/mol. The third kappa shape index (κ3) is 3.58. The zero-order valence-corrected chi connectivity index (χ0v) is 13.4. The Morgan fingerprint density at radius 1 is 1.20 bits per heavy atom. The molecule has 2 saturated heterocycles. The molecule has 2 N–H and O–H groups in total. The number of rotatable bonds is 3. The van der Waals surface area contributed by atoms with Crippen LogP contribution in [0, 0.1) is 0 Å². The summed E-state index contributed by atoms with van der Waals surface area (Å²) in [6.07, 6.45) is 7.42. The van der Waals surface area contributed by atoms with Gasteiger partial charge in [-0.05, 0) is 59.9 Å². The summed E-state index contributed by atoms with van der Waals surface area (Å²) in [6, 6.07) is 3.32. The topological polar surface area (TPSA) is 45.4 Å². The third-order valence-corrected chi connectivity index (χ3v) is 4.94. The van der Waals surface area contributed by atoms with Gasteiger partial charge in [-0.25, -0.2) is 0 Å². The lowest BCUT2D eigenvalue weighted by Crippen LogP contribution is -2.46. The average Bonchev–Trinajstić information content (AvgIpc) is 2.88. The van der Waals surface area contributed by atoms with E-state index in [1.165, 1.54) is 38.2 Å². The lowest BCUT2D eigenvalue weighted by molar-refractivity contribution is 0.151. The molecule has 0 amide bonds. The van der Waals surface area contributed by atoms with Crippen molar-refractivity contribution in [2.24, 2.45) is 5.73 Å². The maximum absolute atomic E-state index is 5.99. The van der Waals surface area contributed by atoms with Crippen LogP contribution in [0.15, 0.2) is 22.9 Å². The van der Waals surface area contributed by atoms with Crippen LogP contribution in [0.4, 0.5) is 0 Å². The second-order valence-corrected chi connectivity index (χ2v) is 6.98. The minimum absolute atomic E-state index is 0.427. The molecule has 2 fully saturated rings. The summed E-state index contributed by atoms with van der Waals surface area (Å²) in [5.41, 5.74) is 7.28. The largest absolute Gasteiger partial charge is 0.328 e. The van der Waals surface area contributed by atoms with E-state index in [9.17, 15) is 0 Å². The summed E-state index contributed by atoms with van der Waals surface area (Å²) >= 11 is 3.49. The fourth-order valence-electron chi connectivity index (χ4n) is 3.34. The molecule has 3 heterocycles. The van der Waals surface area contributed by atoms with E-state index < -0.39 is 0 Å². The van der Waals surface area contributed by atoms with Crippen molar-refractivity contribution in [1.29, 1.82) is 0 Å². The number of halogens is 1. The van der Waals surface area contributed by atoms with E-state index >= 15 is 0 Å². The Morgan fingerprint density at radius 2 is 2.00 bits per heavy atom. The van der Waals surface area contributed by atoms with Crippen LogP contribution in [0.1, 0.15) is 24.8 Å². The highest BCUT2D eigenvalue weighted by molar-refractivity contribution is 9.10. The summed E-state index contributed by atoms with van der Waals surface area (Å²) in [6.45, 7) is 5.74. The van der Waals surface area contributed by atoms with Crippen LogP contribution in [0.2, 0.25) is 0 Å². The molecule has 1 aromatic heterocycles. The predicted molar refractivity (Wildman–Crippen MR) is 84.4 cm³/mol. The van der Waals surface area contributed by atoms with E-state index in [2.05, 4.69) is 36.8 Å². The molecular formula is C15H23BrN4. The molecule has 0 bridgehead atoms. The smallest absolute Gasteiger partial charge is 0.0410 e. The van der Waals surface area contributed by atoms with Gasteiger partial charge in [0.1, 0.15) is 0 Å². The normalized spacial score (nSPS) is 26.2. The van der Waals surface area contributed by atoms with Gasteiger partial charge >= 0.3 is 0 Å². The molecule has 20 heavy (non-hydrogen) atoms. The second-order valence-electron chi connectivity index (χ2n) is 6.06. The van der Waals surface area contributed by atoms with Gasteiger partial charge < -0.3 is 5.73 Å². The van der Waals surface area contributed by atoms with Crippen molar-refractivity contribution in [2.45, 2.75) is 37.9 Å². The molecule has 2 aliphatic heterocycles. The van der Waals surface area contributed by atoms with Gasteiger partial charge in [-0.15, -0.1) is 0 Å². The number of hydrogen-bond acceptors (Lipinski definition) is 4. The Morgan fingerprint density at radius 3 is 2.75 bits per heavy atom. The predicted octanol–water partition coefficient (Wildman–Crippen LogP) is 1.84. The maximum atomic E-state index is 5.99. The van der Waals surface area contributed by atoms with Crippen LogP contribution in [0.25, 0.3) is 0 Å². The fraction of sp³-hybridized carbons (Fsp3) is 0.667. The minimum atomic E-state index is 0.427. The van der Waals surface area contributed by atoms with Crippen molar-refractivity contribution < 1.29 is 0 Å². The average molecular weight is 339 g/mol. The molecule has 4 nitrogen and oxygen atoms in total. The minimum Gasteiger partial charge on any atom is -0.328 e. The molecule has 0 aromatic carbocycles. The number of hydrogen-bond donors (Lipinski definition) is 1. The van der Waals surface area contributed by atoms with Crippen molar-refractivity contribution in [3.05, 3.63) is 28.5 Å². The fourth-order valence-corrected chi connectivity index (χ4v) is 3.75. The highest BCUT2D eigenvalue weighted by atomic mass is 79.9. The Bertz CT molecular complexity index is 445. The highest BCUT2D eigenvalue weighted by Crippen LogP contribution is 2.21. The van der Waals surface area contributed by atoms with Gasteiger partial charge in [0, 0.05) is 48.6 Å². The Hall–Kier alpha value is -0.490. The number of aromatic nitrogens is 1. The summed E-state index contributed by atoms with van der Waals surface area (Å²) in [5.74, 6) is 0. The summed E-state index contributed by atoms with van der Waals surface area (Å²) in [7, 11) is 0. The Balaban J connectivity index is 1.52. The standard InChI is InChI=1S/C15H23BrN4/c16-13-7-12(8-18-9-13)10-19-4-3-15(11-19)20-5-1-14(17)2-6-20/h7-9,14-15H,1-6,10-11,17H2. The zero-order chi connectivity index (χ0) is 13.9. The SMILES string of the molecule is NC1CCN(C2CCN(Cc3cncc(Br)c3)C2)CC1. The first-order valence-electron chi connectivity index (χ1n) is 7.52. The third-order valence-electron chi connectivity index (χ3n) is 4.51. The first kappa shape index (κ1) is 14.4. The van der Waals surface area contributed by atoms with Gasteiger partial charge in [0.15, 0.2) is 0 Å². The van der Waals surface area contributed by atoms with Crippen LogP contribution in [-0.4, -0.2) is 53.0 Å². The molecule has 1 aromatic rings. The molecular weight excluding hydrogens is 316 g/mol. The molecule has 1 atom stereocenters. The van der Waals surface area contributed by atoms with E-state index in [4.69, 9.17) is 5.73 Å². The van der Waals surface area contributed by atoms with Gasteiger partial charge in [0.25, 0.3) is 0 Å². The van der Waals surface area contributed by atoms with E-state index in [0.29, 0.717) is 6.04 Å². The number of pyridine rings is 1. The van der Waals surface area contributed by atoms with E-state index in [1.807, 2.05) is 12.4 Å². The van der Waals surface area contributed by atoms with Crippen molar-refractivity contribution in [3.8, 4) is 0 Å². The van der Waals surface area contributed by atoms with Gasteiger partial charge in [-0.1, -0.05) is 0 Å². The lowest BCUT2D eigenvalue weighted by atomic mass is 10.0. The van der Waals surface area contributed by atoms with Crippen LogP contribution < -0.4 is 5.73 Å². The first-order chi connectivity index (χ1) is 9.70. The quantitative estimate of drug-likeness (QED) is 0.913. The van der Waals surface area contributed by atoms with E-state index in [-0.39, 0.29) is 0 Å². The zero-order valence-electron chi connectivity index (χ0n) is 11.8. The lowest BCUT2D eigenvalue weighted by Gasteiger charge is -2.34. The molecule has 0 saturated carbocycles. The summed E-state index contributed by atoms with van der Waals surface area (Å²) < 4.78 is 1.07. The van der Waals surface area contributed by atoms with Crippen molar-refractivity contribution in [3.63, 3.8) is 0 Å². The van der Waals surface area contributed by atoms with Crippen LogP contribution in [0.5, 0.6) is 0 Å². The number of nitrogens with zero attached hydrogens (tertiary/aromatic N) is 3. The molecule has 3 rings (SSSR count). The van der Waals surface area contributed by atoms with Gasteiger partial charge in [-0.3, -0.25) is 14.8 Å². The van der Waals surface area contributed by atoms with Crippen molar-refractivity contribution in [1.82, 2.24) is 14.8 Å². The number of nitrogens with two attached hydrogens (primary N) is 1. The Kier molecular flexibility index (Phi) is 4.71. The summed E-state index contributed by atoms with van der Waals surface area (Å²) in [4.78, 5) is 9.43. The summed E-state index contributed by atoms with van der Waals surface area (Å²) in [5, 5.41) is 0. The molecule has 0 radical (unpaired) electrons. The molecule has 2 aliphatic rings. The van der Waals surface area contributed by atoms with Gasteiger partial charge in [-0.2, -0.15) is 0 Å². The molecule has 1 unspecified atom stereocenters. The number of piperidine rings is 1. The van der Waals surface area contributed by atoms with Crippen molar-refractivity contribution in [2.75, 3.05) is 26.2 Å². The second kappa shape index (κ2) is 6.52. The van der Waals surface area contributed by atoms with Gasteiger partial charge in [0.2, 0.25) is 0 Å². The van der Waals surface area contributed by atoms with E-state index in [0.717, 1.165) is 29.9 Å². The first-order valence-corrected chi connectivity index (χ1v) is 8.31. The number of likely N-dealkylation sites (tertiary alicyclic amines) is 2.